The van der Waals surface area contributed by atoms with Crippen LogP contribution >= 0.6 is 11.6 Å². The summed E-state index contributed by atoms with van der Waals surface area (Å²) in [5.74, 6) is 0. The lowest BCUT2D eigenvalue weighted by molar-refractivity contribution is 0.311. The number of hydrogen-bond acceptors (Lipinski definition) is 1. The van der Waals surface area contributed by atoms with Crippen LogP contribution in [0.15, 0.2) is 30.5 Å². The van der Waals surface area contributed by atoms with Gasteiger partial charge in [-0.25, -0.2) is 0 Å². The number of likely N-dealkylation sites (tertiary alicyclic amines) is 1. The van der Waals surface area contributed by atoms with Crippen molar-refractivity contribution in [1.29, 1.82) is 0 Å². The van der Waals surface area contributed by atoms with Crippen LogP contribution in [0.5, 0.6) is 0 Å². The Morgan fingerprint density at radius 3 is 2.67 bits per heavy atom. The monoisotopic (exact) mass is 221 g/mol. The average molecular weight is 222 g/mol. The zero-order valence-electron chi connectivity index (χ0n) is 8.82. The molecular formula is C13H16ClN. The Morgan fingerprint density at radius 1 is 1.13 bits per heavy atom. The van der Waals surface area contributed by atoms with Crippen LogP contribution in [0.4, 0.5) is 0 Å². The highest BCUT2D eigenvalue weighted by molar-refractivity contribution is 6.30. The van der Waals surface area contributed by atoms with E-state index in [1.807, 2.05) is 18.2 Å². The van der Waals surface area contributed by atoms with Crippen LogP contribution in [-0.4, -0.2) is 18.0 Å². The molecule has 1 heterocycles. The Hall–Kier alpha value is -0.950. The Kier molecular flexibility index (Phi) is 3.68. The van der Waals surface area contributed by atoms with Crippen LogP contribution in [0.1, 0.15) is 24.8 Å². The summed E-state index contributed by atoms with van der Waals surface area (Å²) in [6.45, 7) is 2.38. The zero-order chi connectivity index (χ0) is 10.5. The molecule has 15 heavy (non-hydrogen) atoms. The lowest BCUT2D eigenvalue weighted by Crippen LogP contribution is -2.23. The molecule has 1 aliphatic heterocycles. The molecule has 1 saturated heterocycles. The molecule has 1 aliphatic rings. The number of benzene rings is 1. The fourth-order valence-corrected chi connectivity index (χ4v) is 2.07. The van der Waals surface area contributed by atoms with E-state index >= 15 is 0 Å². The van der Waals surface area contributed by atoms with Crippen molar-refractivity contribution in [3.63, 3.8) is 0 Å². The standard InChI is InChI=1S/C13H16ClN/c14-13-6-4-5-12(11-13)7-10-15-8-2-1-3-9-15/h4-7,10-11H,1-3,8-9H2. The SMILES string of the molecule is Clc1cccc(C=CN2CCCCC2)c1. The first kappa shape index (κ1) is 10.6. The highest BCUT2D eigenvalue weighted by atomic mass is 35.5. The number of piperidine rings is 1. The summed E-state index contributed by atoms with van der Waals surface area (Å²) in [7, 11) is 0. The summed E-state index contributed by atoms with van der Waals surface area (Å²) in [5.41, 5.74) is 1.17. The molecule has 0 radical (unpaired) electrons. The molecule has 1 aromatic carbocycles. The minimum Gasteiger partial charge on any atom is -0.377 e. The van der Waals surface area contributed by atoms with Gasteiger partial charge in [0.25, 0.3) is 0 Å². The molecule has 0 aliphatic carbocycles. The summed E-state index contributed by atoms with van der Waals surface area (Å²) in [5, 5.41) is 0.802. The van der Waals surface area contributed by atoms with Crippen molar-refractivity contribution in [3.05, 3.63) is 41.1 Å². The van der Waals surface area contributed by atoms with E-state index in [0.717, 1.165) is 5.02 Å². The average Bonchev–Trinajstić information content (AvgIpc) is 2.28. The van der Waals surface area contributed by atoms with Gasteiger partial charge in [0.15, 0.2) is 0 Å². The van der Waals surface area contributed by atoms with E-state index in [2.05, 4.69) is 23.2 Å². The van der Waals surface area contributed by atoms with Crippen LogP contribution in [0.25, 0.3) is 6.08 Å². The topological polar surface area (TPSA) is 3.24 Å². The molecule has 0 bridgehead atoms. The maximum atomic E-state index is 5.92. The lowest BCUT2D eigenvalue weighted by Gasteiger charge is -2.24. The second-order valence-corrected chi connectivity index (χ2v) is 4.40. The van der Waals surface area contributed by atoms with Gasteiger partial charge in [0.05, 0.1) is 0 Å². The number of rotatable bonds is 2. The van der Waals surface area contributed by atoms with Crippen molar-refractivity contribution in [3.8, 4) is 0 Å². The zero-order valence-corrected chi connectivity index (χ0v) is 9.58. The van der Waals surface area contributed by atoms with Gasteiger partial charge in [0, 0.05) is 18.1 Å². The fraction of sp³-hybridized carbons (Fsp3) is 0.385. The van der Waals surface area contributed by atoms with Gasteiger partial charge in [0.1, 0.15) is 0 Å². The molecule has 2 heteroatoms. The first-order valence-electron chi connectivity index (χ1n) is 5.52. The van der Waals surface area contributed by atoms with Gasteiger partial charge >= 0.3 is 0 Å². The smallest absolute Gasteiger partial charge is 0.0411 e. The van der Waals surface area contributed by atoms with Gasteiger partial charge in [-0.1, -0.05) is 23.7 Å². The van der Waals surface area contributed by atoms with Crippen molar-refractivity contribution in [1.82, 2.24) is 4.90 Å². The van der Waals surface area contributed by atoms with E-state index in [9.17, 15) is 0 Å². The van der Waals surface area contributed by atoms with Gasteiger partial charge in [-0.05, 0) is 49.2 Å². The van der Waals surface area contributed by atoms with E-state index in [0.29, 0.717) is 0 Å². The Morgan fingerprint density at radius 2 is 1.93 bits per heavy atom. The quantitative estimate of drug-likeness (QED) is 0.735. The third kappa shape index (κ3) is 3.28. The van der Waals surface area contributed by atoms with E-state index in [1.54, 1.807) is 0 Å². The van der Waals surface area contributed by atoms with Gasteiger partial charge in [-0.15, -0.1) is 0 Å². The summed E-state index contributed by atoms with van der Waals surface area (Å²) >= 11 is 5.92. The Labute approximate surface area is 96.4 Å². The second-order valence-electron chi connectivity index (χ2n) is 3.97. The second kappa shape index (κ2) is 5.22. The van der Waals surface area contributed by atoms with Gasteiger partial charge in [-0.3, -0.25) is 0 Å². The molecule has 0 unspecified atom stereocenters. The van der Waals surface area contributed by atoms with Crippen LogP contribution in [0, 0.1) is 0 Å². The van der Waals surface area contributed by atoms with E-state index in [1.165, 1.54) is 37.9 Å². The third-order valence-corrected chi connectivity index (χ3v) is 2.95. The fourth-order valence-electron chi connectivity index (χ4n) is 1.87. The van der Waals surface area contributed by atoms with Crippen molar-refractivity contribution >= 4 is 17.7 Å². The molecule has 0 saturated carbocycles. The van der Waals surface area contributed by atoms with Crippen molar-refractivity contribution in [2.24, 2.45) is 0 Å². The normalized spacial score (nSPS) is 17.3. The van der Waals surface area contributed by atoms with Crippen LogP contribution in [0.3, 0.4) is 0 Å². The first-order chi connectivity index (χ1) is 7.34. The summed E-state index contributed by atoms with van der Waals surface area (Å²) in [6.07, 6.45) is 8.34. The Balaban J connectivity index is 1.97. The van der Waals surface area contributed by atoms with Gasteiger partial charge < -0.3 is 4.90 Å². The van der Waals surface area contributed by atoms with Crippen LogP contribution in [-0.2, 0) is 0 Å². The van der Waals surface area contributed by atoms with E-state index < -0.39 is 0 Å². The number of halogens is 1. The summed E-state index contributed by atoms with van der Waals surface area (Å²) < 4.78 is 0. The van der Waals surface area contributed by atoms with Gasteiger partial charge in [0.2, 0.25) is 0 Å². The van der Waals surface area contributed by atoms with Crippen LogP contribution < -0.4 is 0 Å². The maximum absolute atomic E-state index is 5.92. The molecule has 0 aromatic heterocycles. The molecular weight excluding hydrogens is 206 g/mol. The van der Waals surface area contributed by atoms with E-state index in [-0.39, 0.29) is 0 Å². The lowest BCUT2D eigenvalue weighted by atomic mass is 10.1. The maximum Gasteiger partial charge on any atom is 0.0411 e. The molecule has 1 aromatic rings. The predicted octanol–water partition coefficient (Wildman–Crippen LogP) is 3.80. The van der Waals surface area contributed by atoms with Crippen molar-refractivity contribution in [2.45, 2.75) is 19.3 Å². The first-order valence-corrected chi connectivity index (χ1v) is 5.90. The van der Waals surface area contributed by atoms with E-state index in [4.69, 9.17) is 11.6 Å². The third-order valence-electron chi connectivity index (χ3n) is 2.72. The summed E-state index contributed by atoms with van der Waals surface area (Å²) in [6, 6.07) is 7.95. The summed E-state index contributed by atoms with van der Waals surface area (Å²) in [4.78, 5) is 2.38. The van der Waals surface area contributed by atoms with Gasteiger partial charge in [-0.2, -0.15) is 0 Å². The molecule has 1 nitrogen and oxygen atoms in total. The molecule has 80 valence electrons. The molecule has 0 atom stereocenters. The molecule has 0 amide bonds. The Bertz CT molecular complexity index is 340. The minimum atomic E-state index is 0.802. The molecule has 0 spiro atoms. The number of nitrogens with zero attached hydrogens (tertiary/aromatic N) is 1. The predicted molar refractivity (Wildman–Crippen MR) is 65.9 cm³/mol. The highest BCUT2D eigenvalue weighted by Crippen LogP contribution is 2.14. The van der Waals surface area contributed by atoms with Crippen molar-refractivity contribution < 1.29 is 0 Å². The number of hydrogen-bond donors (Lipinski definition) is 0. The molecule has 2 rings (SSSR count). The highest BCUT2D eigenvalue weighted by Gasteiger charge is 2.04. The largest absolute Gasteiger partial charge is 0.377 e. The minimum absolute atomic E-state index is 0.802. The van der Waals surface area contributed by atoms with Crippen molar-refractivity contribution in [2.75, 3.05) is 13.1 Å². The molecule has 0 N–H and O–H groups in total. The van der Waals surface area contributed by atoms with Crippen LogP contribution in [0.2, 0.25) is 5.02 Å². The molecule has 1 fully saturated rings.